The summed E-state index contributed by atoms with van der Waals surface area (Å²) in [6.07, 6.45) is 3.64. The second-order valence-electron chi connectivity index (χ2n) is 7.47. The van der Waals surface area contributed by atoms with Crippen LogP contribution in [0.2, 0.25) is 0 Å². The van der Waals surface area contributed by atoms with E-state index in [2.05, 4.69) is 10.00 Å². The van der Waals surface area contributed by atoms with Crippen molar-refractivity contribution in [2.75, 3.05) is 19.7 Å². The summed E-state index contributed by atoms with van der Waals surface area (Å²) >= 11 is 5.68. The number of piperidine rings is 1. The van der Waals surface area contributed by atoms with Gasteiger partial charge in [-0.1, -0.05) is 12.1 Å². The monoisotopic (exact) mass is 404 g/mol. The van der Waals surface area contributed by atoms with Gasteiger partial charge in [-0.15, -0.1) is 0 Å². The first-order chi connectivity index (χ1) is 13.6. The third kappa shape index (κ3) is 3.89. The maximum absolute atomic E-state index is 14.4. The van der Waals surface area contributed by atoms with E-state index in [9.17, 15) is 9.18 Å². The highest BCUT2D eigenvalue weighted by Gasteiger charge is 2.31. The molecule has 0 N–H and O–H groups in total. The van der Waals surface area contributed by atoms with Crippen LogP contribution >= 0.6 is 12.2 Å². The fourth-order valence-corrected chi connectivity index (χ4v) is 4.09. The Morgan fingerprint density at radius 1 is 1.25 bits per heavy atom. The van der Waals surface area contributed by atoms with Gasteiger partial charge < -0.3 is 4.74 Å². The minimum Gasteiger partial charge on any atom is -0.466 e. The van der Waals surface area contributed by atoms with Crippen molar-refractivity contribution in [2.24, 2.45) is 5.92 Å². The van der Waals surface area contributed by atoms with E-state index in [1.807, 2.05) is 17.6 Å². The van der Waals surface area contributed by atoms with Gasteiger partial charge >= 0.3 is 5.97 Å². The number of rotatable bonds is 6. The average Bonchev–Trinajstić information content (AvgIpc) is 3.48. The van der Waals surface area contributed by atoms with Crippen molar-refractivity contribution in [3.63, 3.8) is 0 Å². The van der Waals surface area contributed by atoms with E-state index in [1.54, 1.807) is 16.8 Å². The van der Waals surface area contributed by atoms with Gasteiger partial charge in [0.2, 0.25) is 0 Å². The quantitative estimate of drug-likeness (QED) is 0.542. The third-order valence-corrected chi connectivity index (χ3v) is 5.85. The van der Waals surface area contributed by atoms with E-state index in [1.165, 1.54) is 6.07 Å². The molecule has 0 radical (unpaired) electrons. The van der Waals surface area contributed by atoms with Crippen LogP contribution in [-0.2, 0) is 16.2 Å². The Morgan fingerprint density at radius 2 is 1.96 bits per heavy atom. The molecule has 8 heteroatoms. The largest absolute Gasteiger partial charge is 0.466 e. The standard InChI is InChI=1S/C20H25FN4O2S/c1-2-27-19(26)14-9-11-23(12-10-14)13-24-20(28)25(15-7-8-15)18(22-24)16-5-3-4-6-17(16)21/h3-6,14-15H,2,7-13H2,1H3. The zero-order valence-corrected chi connectivity index (χ0v) is 16.8. The lowest BCUT2D eigenvalue weighted by Gasteiger charge is -2.30. The second kappa shape index (κ2) is 8.13. The fraction of sp³-hybridized carbons (Fsp3) is 0.550. The van der Waals surface area contributed by atoms with Crippen LogP contribution in [0.1, 0.15) is 38.6 Å². The molecule has 2 fully saturated rings. The van der Waals surface area contributed by atoms with Gasteiger partial charge in [-0.05, 0) is 57.0 Å². The molecule has 0 atom stereocenters. The van der Waals surface area contributed by atoms with E-state index >= 15 is 0 Å². The van der Waals surface area contributed by atoms with Gasteiger partial charge in [0.05, 0.1) is 24.8 Å². The molecule has 0 spiro atoms. The van der Waals surface area contributed by atoms with Gasteiger partial charge in [0.15, 0.2) is 10.6 Å². The zero-order valence-electron chi connectivity index (χ0n) is 16.0. The number of carbonyl (C=O) groups is 1. The molecule has 1 saturated heterocycles. The molecule has 150 valence electrons. The molecular formula is C20H25FN4O2S. The lowest BCUT2D eigenvalue weighted by Crippen LogP contribution is -2.38. The number of halogens is 1. The first-order valence-corrected chi connectivity index (χ1v) is 10.3. The fourth-order valence-electron chi connectivity index (χ4n) is 3.76. The summed E-state index contributed by atoms with van der Waals surface area (Å²) in [4.78, 5) is 14.2. The van der Waals surface area contributed by atoms with Crippen molar-refractivity contribution in [3.8, 4) is 11.4 Å². The predicted octanol–water partition coefficient (Wildman–Crippen LogP) is 3.79. The van der Waals surface area contributed by atoms with Crippen LogP contribution in [0, 0.1) is 16.5 Å². The van der Waals surface area contributed by atoms with Gasteiger partial charge in [-0.3, -0.25) is 14.3 Å². The van der Waals surface area contributed by atoms with E-state index in [0.717, 1.165) is 38.8 Å². The molecule has 1 aromatic heterocycles. The third-order valence-electron chi connectivity index (χ3n) is 5.44. The van der Waals surface area contributed by atoms with Crippen LogP contribution in [0.25, 0.3) is 11.4 Å². The maximum atomic E-state index is 14.4. The molecule has 1 aliphatic heterocycles. The summed E-state index contributed by atoms with van der Waals surface area (Å²) in [5.74, 6) is 0.194. The van der Waals surface area contributed by atoms with E-state index in [4.69, 9.17) is 17.0 Å². The highest BCUT2D eigenvalue weighted by Crippen LogP contribution is 2.39. The van der Waals surface area contributed by atoms with E-state index in [-0.39, 0.29) is 17.7 Å². The molecule has 0 unspecified atom stereocenters. The summed E-state index contributed by atoms with van der Waals surface area (Å²) in [6, 6.07) is 7.01. The van der Waals surface area contributed by atoms with Gasteiger partial charge in [0.1, 0.15) is 5.82 Å². The van der Waals surface area contributed by atoms with Gasteiger partial charge in [-0.25, -0.2) is 9.07 Å². The van der Waals surface area contributed by atoms with Gasteiger partial charge in [0.25, 0.3) is 0 Å². The number of ether oxygens (including phenoxy) is 1. The molecule has 2 heterocycles. The molecule has 6 nitrogen and oxygen atoms in total. The molecule has 28 heavy (non-hydrogen) atoms. The number of hydrogen-bond acceptors (Lipinski definition) is 5. The zero-order chi connectivity index (χ0) is 19.7. The Hall–Kier alpha value is -2.06. The van der Waals surface area contributed by atoms with Crippen LogP contribution < -0.4 is 0 Å². The lowest BCUT2D eigenvalue weighted by molar-refractivity contribution is -0.149. The van der Waals surface area contributed by atoms with Crippen molar-refractivity contribution in [3.05, 3.63) is 34.9 Å². The number of nitrogens with zero attached hydrogens (tertiary/aromatic N) is 4. The number of hydrogen-bond donors (Lipinski definition) is 0. The summed E-state index contributed by atoms with van der Waals surface area (Å²) in [6.45, 7) is 4.38. The molecule has 1 saturated carbocycles. The average molecular weight is 405 g/mol. The van der Waals surface area contributed by atoms with E-state index < -0.39 is 0 Å². The number of likely N-dealkylation sites (tertiary alicyclic amines) is 1. The molecule has 4 rings (SSSR count). The van der Waals surface area contributed by atoms with Crippen LogP contribution in [0.5, 0.6) is 0 Å². The topological polar surface area (TPSA) is 52.3 Å². The molecule has 1 aromatic carbocycles. The summed E-state index contributed by atoms with van der Waals surface area (Å²) < 4.78 is 23.9. The Bertz CT molecular complexity index is 913. The summed E-state index contributed by atoms with van der Waals surface area (Å²) in [5.41, 5.74) is 0.486. The number of carbonyl (C=O) groups excluding carboxylic acids is 1. The SMILES string of the molecule is CCOC(=O)C1CCN(Cn2nc(-c3ccccc3F)n(C3CC3)c2=S)CC1. The van der Waals surface area contributed by atoms with Crippen molar-refractivity contribution < 1.29 is 13.9 Å². The van der Waals surface area contributed by atoms with Crippen LogP contribution in [0.4, 0.5) is 4.39 Å². The van der Waals surface area contributed by atoms with Gasteiger partial charge in [-0.2, -0.15) is 5.10 Å². The van der Waals surface area contributed by atoms with E-state index in [0.29, 0.717) is 35.5 Å². The first-order valence-electron chi connectivity index (χ1n) is 9.91. The lowest BCUT2D eigenvalue weighted by atomic mass is 9.97. The van der Waals surface area contributed by atoms with Crippen molar-refractivity contribution in [2.45, 2.75) is 45.3 Å². The highest BCUT2D eigenvalue weighted by atomic mass is 32.1. The smallest absolute Gasteiger partial charge is 0.309 e. The molecular weight excluding hydrogens is 379 g/mol. The minimum atomic E-state index is -0.285. The summed E-state index contributed by atoms with van der Waals surface area (Å²) in [5, 5.41) is 4.68. The maximum Gasteiger partial charge on any atom is 0.309 e. The minimum absolute atomic E-state index is 0.0258. The van der Waals surface area contributed by atoms with Crippen molar-refractivity contribution >= 4 is 18.2 Å². The molecule has 2 aromatic rings. The van der Waals surface area contributed by atoms with Crippen molar-refractivity contribution in [1.29, 1.82) is 0 Å². The number of esters is 1. The second-order valence-corrected chi connectivity index (χ2v) is 7.84. The Morgan fingerprint density at radius 3 is 2.61 bits per heavy atom. The number of aromatic nitrogens is 3. The molecule has 2 aliphatic rings. The van der Waals surface area contributed by atoms with Crippen LogP contribution in [-0.4, -0.2) is 44.9 Å². The molecule has 1 aliphatic carbocycles. The predicted molar refractivity (Wildman–Crippen MR) is 106 cm³/mol. The number of benzene rings is 1. The normalized spacial score (nSPS) is 18.4. The van der Waals surface area contributed by atoms with Gasteiger partial charge in [0, 0.05) is 19.1 Å². The Balaban J connectivity index is 1.52. The Labute approximate surface area is 168 Å². The molecule has 0 bridgehead atoms. The van der Waals surface area contributed by atoms with Crippen LogP contribution in [0.3, 0.4) is 0 Å². The van der Waals surface area contributed by atoms with Crippen molar-refractivity contribution in [1.82, 2.24) is 19.2 Å². The highest BCUT2D eigenvalue weighted by molar-refractivity contribution is 7.71. The molecule has 0 amide bonds. The Kier molecular flexibility index (Phi) is 5.59. The van der Waals surface area contributed by atoms with Crippen LogP contribution in [0.15, 0.2) is 24.3 Å². The summed E-state index contributed by atoms with van der Waals surface area (Å²) in [7, 11) is 0. The first kappa shape index (κ1) is 19.3.